The van der Waals surface area contributed by atoms with Gasteiger partial charge in [-0.25, -0.2) is 15.8 Å². The molecule has 1 amide bonds. The van der Waals surface area contributed by atoms with E-state index in [1.165, 1.54) is 5.01 Å². The minimum Gasteiger partial charge on any atom is -0.397 e. The van der Waals surface area contributed by atoms with E-state index in [9.17, 15) is 4.79 Å². The summed E-state index contributed by atoms with van der Waals surface area (Å²) in [5.41, 5.74) is 8.07. The van der Waals surface area contributed by atoms with E-state index in [1.54, 1.807) is 43.5 Å². The summed E-state index contributed by atoms with van der Waals surface area (Å²) in [6.07, 6.45) is 7.33. The number of pyridine rings is 2. The lowest BCUT2D eigenvalue weighted by molar-refractivity contribution is 0.102. The summed E-state index contributed by atoms with van der Waals surface area (Å²) in [4.78, 5) is 24.1. The molecule has 1 aliphatic heterocycles. The van der Waals surface area contributed by atoms with Crippen molar-refractivity contribution in [3.05, 3.63) is 66.1 Å². The average Bonchev–Trinajstić information content (AvgIpc) is 2.80. The molecular weight excluding hydrogens is 434 g/mol. The highest BCUT2D eigenvalue weighted by atomic mass is 32.2. The number of carbonyl (C=O) groups is 1. The number of carbonyl (C=O) groups excluding carboxylic acids is 1. The lowest BCUT2D eigenvalue weighted by Gasteiger charge is -2.28. The molecule has 1 aromatic carbocycles. The summed E-state index contributed by atoms with van der Waals surface area (Å²) in [7, 11) is 3.86. The van der Waals surface area contributed by atoms with Gasteiger partial charge in [-0.05, 0) is 68.2 Å². The van der Waals surface area contributed by atoms with Gasteiger partial charge in [-0.2, -0.15) is 0 Å². The van der Waals surface area contributed by atoms with Crippen LogP contribution in [0.1, 0.15) is 28.8 Å². The number of nitrogens with two attached hydrogens (primary N) is 2. The maximum absolute atomic E-state index is 12.9. The highest BCUT2D eigenvalue weighted by Crippen LogP contribution is 2.29. The summed E-state index contributed by atoms with van der Waals surface area (Å²) in [5.74, 6) is 5.92. The Kier molecular flexibility index (Phi) is 7.12. The Bertz CT molecular complexity index is 1170. The zero-order valence-electron chi connectivity index (χ0n) is 18.9. The van der Waals surface area contributed by atoms with Gasteiger partial charge in [-0.15, -0.1) is 11.8 Å². The van der Waals surface area contributed by atoms with Crippen LogP contribution in [0.4, 0.5) is 5.82 Å². The molecule has 0 aliphatic carbocycles. The molecule has 3 heterocycles. The van der Waals surface area contributed by atoms with Crippen LogP contribution in [0.2, 0.25) is 0 Å². The fraction of sp³-hybridized carbons (Fsp3) is 0.292. The van der Waals surface area contributed by atoms with Crippen LogP contribution in [0.3, 0.4) is 0 Å². The monoisotopic (exact) mass is 463 g/mol. The standard InChI is InChI=1S/C24H29N7OS/c1-30-9-6-20(7-10-30)33-23-13-17(5-8-27-23)24(32)29-22-12-19-11-16(21(25)15-31(2)26)3-4-18(19)14-28-22/h3-5,8,11-15,20H,6-7,9-10,25-26H2,1-2H3,(H,28,29,32)/b21-15-. The molecule has 0 bridgehead atoms. The number of anilines is 1. The van der Waals surface area contributed by atoms with Gasteiger partial charge in [-0.1, -0.05) is 12.1 Å². The van der Waals surface area contributed by atoms with E-state index >= 15 is 0 Å². The van der Waals surface area contributed by atoms with Gasteiger partial charge in [0.25, 0.3) is 5.91 Å². The van der Waals surface area contributed by atoms with Crippen LogP contribution in [0, 0.1) is 0 Å². The number of nitrogens with one attached hydrogen (secondary N) is 1. The lowest BCUT2D eigenvalue weighted by Crippen LogP contribution is -2.31. The quantitative estimate of drug-likeness (QED) is 0.377. The van der Waals surface area contributed by atoms with E-state index in [0.717, 1.165) is 47.3 Å². The number of hydrogen-bond acceptors (Lipinski definition) is 8. The van der Waals surface area contributed by atoms with Crippen molar-refractivity contribution in [1.82, 2.24) is 19.9 Å². The third-order valence-corrected chi connectivity index (χ3v) is 6.86. The number of hydrogen-bond donors (Lipinski definition) is 3. The van der Waals surface area contributed by atoms with Crippen molar-refractivity contribution in [2.75, 3.05) is 32.5 Å². The highest BCUT2D eigenvalue weighted by Gasteiger charge is 2.19. The number of fused-ring (bicyclic) bond motifs is 1. The molecule has 1 saturated heterocycles. The smallest absolute Gasteiger partial charge is 0.256 e. The van der Waals surface area contributed by atoms with E-state index in [-0.39, 0.29) is 5.91 Å². The Morgan fingerprint density at radius 2 is 1.94 bits per heavy atom. The third kappa shape index (κ3) is 6.01. The Balaban J connectivity index is 1.48. The first-order valence-corrected chi connectivity index (χ1v) is 11.7. The molecule has 0 atom stereocenters. The molecule has 8 nitrogen and oxygen atoms in total. The summed E-state index contributed by atoms with van der Waals surface area (Å²) >= 11 is 1.75. The molecule has 0 radical (unpaired) electrons. The Morgan fingerprint density at radius 3 is 2.70 bits per heavy atom. The molecule has 1 aliphatic rings. The molecule has 0 saturated carbocycles. The highest BCUT2D eigenvalue weighted by molar-refractivity contribution is 7.99. The molecule has 33 heavy (non-hydrogen) atoms. The van der Waals surface area contributed by atoms with E-state index in [4.69, 9.17) is 11.6 Å². The normalized spacial score (nSPS) is 15.5. The summed E-state index contributed by atoms with van der Waals surface area (Å²) in [6, 6.07) is 11.2. The van der Waals surface area contributed by atoms with E-state index in [2.05, 4.69) is 27.2 Å². The third-order valence-electron chi connectivity index (χ3n) is 5.59. The Hall–Kier alpha value is -3.14. The SMILES string of the molecule is CN(N)/C=C(\N)c1ccc2cnc(NC(=O)c3ccnc(SC4CCN(C)CC4)c3)cc2c1. The number of piperidine rings is 1. The molecule has 0 unspecified atom stereocenters. The average molecular weight is 464 g/mol. The van der Waals surface area contributed by atoms with Crippen LogP contribution < -0.4 is 16.9 Å². The van der Waals surface area contributed by atoms with Crippen molar-refractivity contribution in [1.29, 1.82) is 0 Å². The van der Waals surface area contributed by atoms with Crippen LogP contribution in [0.25, 0.3) is 16.5 Å². The minimum absolute atomic E-state index is 0.213. The Labute approximate surface area is 198 Å². The van der Waals surface area contributed by atoms with Gasteiger partial charge in [0.2, 0.25) is 0 Å². The summed E-state index contributed by atoms with van der Waals surface area (Å²) < 4.78 is 0. The zero-order chi connectivity index (χ0) is 23.4. The van der Waals surface area contributed by atoms with Crippen molar-refractivity contribution >= 4 is 40.0 Å². The molecule has 3 aromatic rings. The molecule has 5 N–H and O–H groups in total. The number of hydrazine groups is 1. The maximum atomic E-state index is 12.9. The predicted octanol–water partition coefficient (Wildman–Crippen LogP) is 3.13. The van der Waals surface area contributed by atoms with Crippen molar-refractivity contribution in [3.8, 4) is 0 Å². The topological polar surface area (TPSA) is 113 Å². The van der Waals surface area contributed by atoms with Gasteiger partial charge in [0, 0.05) is 41.8 Å². The van der Waals surface area contributed by atoms with Gasteiger partial charge < -0.3 is 21.0 Å². The number of nitrogens with zero attached hydrogens (tertiary/aromatic N) is 4. The first-order chi connectivity index (χ1) is 15.9. The second-order valence-electron chi connectivity index (χ2n) is 8.34. The number of likely N-dealkylation sites (tertiary alicyclic amines) is 1. The van der Waals surface area contributed by atoms with E-state index in [1.807, 2.05) is 30.3 Å². The first-order valence-electron chi connectivity index (χ1n) is 10.8. The van der Waals surface area contributed by atoms with Crippen molar-refractivity contribution in [2.24, 2.45) is 11.6 Å². The second kappa shape index (κ2) is 10.2. The predicted molar refractivity (Wildman–Crippen MR) is 134 cm³/mol. The van der Waals surface area contributed by atoms with Crippen LogP contribution in [0.15, 0.2) is 60.0 Å². The van der Waals surface area contributed by atoms with Gasteiger partial charge in [0.05, 0.1) is 10.7 Å². The molecule has 4 rings (SSSR count). The molecule has 0 spiro atoms. The molecule has 9 heteroatoms. The minimum atomic E-state index is -0.213. The summed E-state index contributed by atoms with van der Waals surface area (Å²) in [5, 5.41) is 7.58. The van der Waals surface area contributed by atoms with Crippen molar-refractivity contribution in [2.45, 2.75) is 23.1 Å². The first kappa shape index (κ1) is 23.0. The fourth-order valence-corrected chi connectivity index (χ4v) is 4.86. The maximum Gasteiger partial charge on any atom is 0.256 e. The number of rotatable bonds is 6. The largest absolute Gasteiger partial charge is 0.397 e. The molecule has 172 valence electrons. The number of aromatic nitrogens is 2. The van der Waals surface area contributed by atoms with Crippen molar-refractivity contribution < 1.29 is 4.79 Å². The number of amides is 1. The van der Waals surface area contributed by atoms with Crippen LogP contribution in [-0.2, 0) is 0 Å². The second-order valence-corrected chi connectivity index (χ2v) is 9.66. The number of benzene rings is 1. The van der Waals surface area contributed by atoms with Crippen LogP contribution in [0.5, 0.6) is 0 Å². The van der Waals surface area contributed by atoms with Gasteiger partial charge in [-0.3, -0.25) is 4.79 Å². The van der Waals surface area contributed by atoms with E-state index in [0.29, 0.717) is 22.3 Å². The lowest BCUT2D eigenvalue weighted by atomic mass is 10.1. The molecule has 2 aromatic heterocycles. The van der Waals surface area contributed by atoms with Crippen LogP contribution >= 0.6 is 11.8 Å². The van der Waals surface area contributed by atoms with E-state index < -0.39 is 0 Å². The summed E-state index contributed by atoms with van der Waals surface area (Å²) in [6.45, 7) is 2.19. The molecular formula is C24H29N7OS. The molecule has 1 fully saturated rings. The van der Waals surface area contributed by atoms with Gasteiger partial charge >= 0.3 is 0 Å². The Morgan fingerprint density at radius 1 is 1.15 bits per heavy atom. The van der Waals surface area contributed by atoms with Crippen molar-refractivity contribution in [3.63, 3.8) is 0 Å². The van der Waals surface area contributed by atoms with Crippen LogP contribution in [-0.4, -0.2) is 58.2 Å². The van der Waals surface area contributed by atoms with Gasteiger partial charge in [0.1, 0.15) is 5.82 Å². The zero-order valence-corrected chi connectivity index (χ0v) is 19.7. The fourth-order valence-electron chi connectivity index (χ4n) is 3.76. The number of thioether (sulfide) groups is 1. The van der Waals surface area contributed by atoms with Gasteiger partial charge in [0.15, 0.2) is 0 Å².